The number of nitrogens with two attached hydrogens (primary N) is 1. The lowest BCUT2D eigenvalue weighted by atomic mass is 10.1. The van der Waals surface area contributed by atoms with Gasteiger partial charge in [0.2, 0.25) is 15.9 Å². The highest BCUT2D eigenvalue weighted by Gasteiger charge is 2.34. The van der Waals surface area contributed by atoms with Crippen molar-refractivity contribution in [2.24, 2.45) is 11.1 Å². The summed E-state index contributed by atoms with van der Waals surface area (Å²) >= 11 is 0. The third-order valence-corrected chi connectivity index (χ3v) is 4.06. The molecule has 1 saturated heterocycles. The Kier molecular flexibility index (Phi) is 3.93. The maximum atomic E-state index is 13.9. The number of halogens is 2. The third kappa shape index (κ3) is 3.34. The van der Waals surface area contributed by atoms with Crippen LogP contribution in [-0.4, -0.2) is 26.6 Å². The van der Waals surface area contributed by atoms with Crippen molar-refractivity contribution in [1.29, 1.82) is 5.26 Å². The molecule has 1 aliphatic rings. The van der Waals surface area contributed by atoms with Crippen molar-refractivity contribution in [2.75, 3.05) is 17.2 Å². The molecule has 21 heavy (non-hydrogen) atoms. The van der Waals surface area contributed by atoms with Gasteiger partial charge in [0.1, 0.15) is 17.7 Å². The lowest BCUT2D eigenvalue weighted by molar-refractivity contribution is -0.117. The van der Waals surface area contributed by atoms with E-state index in [1.54, 1.807) is 0 Å². The molecule has 6 nitrogen and oxygen atoms in total. The molecule has 0 saturated carbocycles. The van der Waals surface area contributed by atoms with Crippen LogP contribution >= 0.6 is 0 Å². The molecule has 0 radical (unpaired) electrons. The topological polar surface area (TPSA) is 104 Å². The summed E-state index contributed by atoms with van der Waals surface area (Å²) in [4.78, 5) is 12.8. The van der Waals surface area contributed by atoms with Crippen LogP contribution in [0.5, 0.6) is 0 Å². The largest absolute Gasteiger partial charge is 0.309 e. The molecule has 1 fully saturated rings. The highest BCUT2D eigenvalue weighted by atomic mass is 32.2. The number of sulfonamides is 1. The fourth-order valence-electron chi connectivity index (χ4n) is 2.28. The number of carbonyl (C=O) groups excluding carboxylic acids is 1. The Morgan fingerprint density at radius 3 is 2.62 bits per heavy atom. The summed E-state index contributed by atoms with van der Waals surface area (Å²) in [6.45, 7) is -0.0719. The normalized spacial score (nSPS) is 18.9. The number of amides is 1. The van der Waals surface area contributed by atoms with E-state index >= 15 is 0 Å². The molecule has 1 heterocycles. The van der Waals surface area contributed by atoms with Crippen molar-refractivity contribution in [3.8, 4) is 6.07 Å². The number of nitriles is 1. The molecule has 112 valence electrons. The molecule has 1 aromatic rings. The first-order chi connectivity index (χ1) is 9.71. The summed E-state index contributed by atoms with van der Waals surface area (Å²) in [5.41, 5.74) is -0.780. The first-order valence-corrected chi connectivity index (χ1v) is 7.63. The molecular formula is C12H11F2N3O3S. The number of nitrogens with zero attached hydrogens (tertiary/aromatic N) is 2. The van der Waals surface area contributed by atoms with Gasteiger partial charge < -0.3 is 4.90 Å². The Labute approximate surface area is 119 Å². The fourth-order valence-corrected chi connectivity index (χ4v) is 3.16. The molecule has 9 heteroatoms. The Morgan fingerprint density at radius 1 is 1.38 bits per heavy atom. The van der Waals surface area contributed by atoms with Crippen molar-refractivity contribution in [3.63, 3.8) is 0 Å². The molecular weight excluding hydrogens is 304 g/mol. The fraction of sp³-hybridized carbons (Fsp3) is 0.333. The van der Waals surface area contributed by atoms with E-state index in [-0.39, 0.29) is 18.7 Å². The second kappa shape index (κ2) is 5.38. The lowest BCUT2D eigenvalue weighted by Gasteiger charge is -2.17. The number of rotatable bonds is 3. The molecule has 2 N–H and O–H groups in total. The minimum atomic E-state index is -3.76. The average molecular weight is 315 g/mol. The van der Waals surface area contributed by atoms with Gasteiger partial charge >= 0.3 is 0 Å². The van der Waals surface area contributed by atoms with Crippen molar-refractivity contribution >= 4 is 21.6 Å². The van der Waals surface area contributed by atoms with Crippen molar-refractivity contribution in [3.05, 3.63) is 29.3 Å². The monoisotopic (exact) mass is 315 g/mol. The van der Waals surface area contributed by atoms with E-state index in [0.29, 0.717) is 6.07 Å². The predicted molar refractivity (Wildman–Crippen MR) is 69.5 cm³/mol. The van der Waals surface area contributed by atoms with Crippen molar-refractivity contribution in [1.82, 2.24) is 0 Å². The minimum Gasteiger partial charge on any atom is -0.309 e. The van der Waals surface area contributed by atoms with Gasteiger partial charge in [-0.3, -0.25) is 4.79 Å². The zero-order valence-corrected chi connectivity index (χ0v) is 11.5. The van der Waals surface area contributed by atoms with Gasteiger partial charge in [0, 0.05) is 24.9 Å². The number of primary sulfonamides is 1. The van der Waals surface area contributed by atoms with Crippen LogP contribution in [0.25, 0.3) is 0 Å². The Hall–Kier alpha value is -2.05. The zero-order valence-electron chi connectivity index (χ0n) is 10.7. The van der Waals surface area contributed by atoms with Crippen LogP contribution in [0.4, 0.5) is 14.5 Å². The lowest BCUT2D eigenvalue weighted by Crippen LogP contribution is -2.28. The van der Waals surface area contributed by atoms with Gasteiger partial charge in [0.15, 0.2) is 0 Å². The Morgan fingerprint density at radius 2 is 2.05 bits per heavy atom. The SMILES string of the molecule is N#Cc1cc(F)c(N2CC(CS(N)(=O)=O)CC2=O)cc1F. The summed E-state index contributed by atoms with van der Waals surface area (Å²) in [6.07, 6.45) is -0.114. The molecule has 2 rings (SSSR count). The van der Waals surface area contributed by atoms with Crippen molar-refractivity contribution in [2.45, 2.75) is 6.42 Å². The Bertz CT molecular complexity index is 743. The molecule has 0 aromatic heterocycles. The van der Waals surface area contributed by atoms with Gasteiger partial charge in [0.25, 0.3) is 0 Å². The average Bonchev–Trinajstić information content (AvgIpc) is 2.70. The van der Waals surface area contributed by atoms with Gasteiger partial charge in [0.05, 0.1) is 17.0 Å². The molecule has 1 amide bonds. The van der Waals surface area contributed by atoms with Gasteiger partial charge in [-0.15, -0.1) is 0 Å². The predicted octanol–water partition coefficient (Wildman–Crippen LogP) is 0.478. The second-order valence-corrected chi connectivity index (χ2v) is 6.46. The number of benzene rings is 1. The van der Waals surface area contributed by atoms with E-state index in [4.69, 9.17) is 10.4 Å². The van der Waals surface area contributed by atoms with Crippen LogP contribution in [0.15, 0.2) is 12.1 Å². The summed E-state index contributed by atoms with van der Waals surface area (Å²) < 4.78 is 49.4. The van der Waals surface area contributed by atoms with Crippen LogP contribution in [-0.2, 0) is 14.8 Å². The van der Waals surface area contributed by atoms with Crippen LogP contribution in [0.1, 0.15) is 12.0 Å². The van der Waals surface area contributed by atoms with E-state index in [1.807, 2.05) is 0 Å². The minimum absolute atomic E-state index is 0.0719. The smallest absolute Gasteiger partial charge is 0.227 e. The first-order valence-electron chi connectivity index (χ1n) is 5.91. The summed E-state index contributed by atoms with van der Waals surface area (Å²) in [7, 11) is -3.76. The molecule has 1 aromatic carbocycles. The zero-order chi connectivity index (χ0) is 15.8. The van der Waals surface area contributed by atoms with Crippen LogP contribution in [0, 0.1) is 28.9 Å². The maximum absolute atomic E-state index is 13.9. The molecule has 0 aliphatic carbocycles. The number of anilines is 1. The Balaban J connectivity index is 2.30. The van der Waals surface area contributed by atoms with Gasteiger partial charge in [-0.1, -0.05) is 0 Å². The number of hydrogen-bond donors (Lipinski definition) is 1. The van der Waals surface area contributed by atoms with Crippen LogP contribution in [0.3, 0.4) is 0 Å². The summed E-state index contributed by atoms with van der Waals surface area (Å²) in [5.74, 6) is -3.37. The summed E-state index contributed by atoms with van der Waals surface area (Å²) in [6, 6.07) is 2.95. The number of carbonyl (C=O) groups is 1. The summed E-state index contributed by atoms with van der Waals surface area (Å²) in [5, 5.41) is 13.5. The molecule has 1 aliphatic heterocycles. The van der Waals surface area contributed by atoms with Crippen molar-refractivity contribution < 1.29 is 22.0 Å². The molecule has 0 spiro atoms. The maximum Gasteiger partial charge on any atom is 0.227 e. The molecule has 1 atom stereocenters. The highest BCUT2D eigenvalue weighted by Crippen LogP contribution is 2.29. The molecule has 0 bridgehead atoms. The third-order valence-electron chi connectivity index (χ3n) is 3.12. The quantitative estimate of drug-likeness (QED) is 0.875. The number of hydrogen-bond acceptors (Lipinski definition) is 4. The van der Waals surface area contributed by atoms with Crippen LogP contribution < -0.4 is 10.0 Å². The van der Waals surface area contributed by atoms with Gasteiger partial charge in [-0.05, 0) is 6.07 Å². The van der Waals surface area contributed by atoms with E-state index in [9.17, 15) is 22.0 Å². The molecule has 1 unspecified atom stereocenters. The van der Waals surface area contributed by atoms with E-state index in [0.717, 1.165) is 11.0 Å². The van der Waals surface area contributed by atoms with Gasteiger partial charge in [-0.2, -0.15) is 5.26 Å². The van der Waals surface area contributed by atoms with Crippen LogP contribution in [0.2, 0.25) is 0 Å². The van der Waals surface area contributed by atoms with Gasteiger partial charge in [-0.25, -0.2) is 22.3 Å². The standard InChI is InChI=1S/C12H11F2N3O3S/c13-9-3-11(10(14)2-8(9)4-15)17-5-7(1-12(17)18)6-21(16,19)20/h2-3,7H,1,5-6H2,(H2,16,19,20). The van der Waals surface area contributed by atoms with E-state index in [1.165, 1.54) is 6.07 Å². The van der Waals surface area contributed by atoms with E-state index in [2.05, 4.69) is 0 Å². The second-order valence-electron chi connectivity index (χ2n) is 4.80. The first kappa shape index (κ1) is 15.3. The van der Waals surface area contributed by atoms with E-state index < -0.39 is 44.8 Å². The highest BCUT2D eigenvalue weighted by molar-refractivity contribution is 7.89.